The van der Waals surface area contributed by atoms with Crippen molar-refractivity contribution in [2.24, 2.45) is 5.92 Å². The number of halogens is 3. The molecule has 2 aliphatic carbocycles. The number of rotatable bonds is 8. The topological polar surface area (TPSA) is 108 Å². The van der Waals surface area contributed by atoms with Gasteiger partial charge in [0.2, 0.25) is 15.9 Å². The number of ether oxygens (including phenoxy) is 2. The smallest absolute Gasteiger partial charge is 0.416 e. The minimum absolute atomic E-state index is 0.0435. The highest BCUT2D eigenvalue weighted by Crippen LogP contribution is 2.41. The minimum Gasteiger partial charge on any atom is -0.493 e. The number of aryl methyl sites for hydroxylation is 1. The van der Waals surface area contributed by atoms with Crippen molar-refractivity contribution in [2.45, 2.75) is 113 Å². The number of piperidine rings is 1. The lowest BCUT2D eigenvalue weighted by Crippen LogP contribution is -2.62. The van der Waals surface area contributed by atoms with Crippen LogP contribution in [0.5, 0.6) is 5.75 Å². The van der Waals surface area contributed by atoms with Crippen molar-refractivity contribution in [3.63, 3.8) is 0 Å². The number of benzene rings is 2. The maximum atomic E-state index is 14.3. The Balaban J connectivity index is 1.19. The van der Waals surface area contributed by atoms with Gasteiger partial charge in [-0.3, -0.25) is 9.69 Å². The van der Waals surface area contributed by atoms with Crippen molar-refractivity contribution in [1.29, 1.82) is 0 Å². The molecule has 0 spiro atoms. The summed E-state index contributed by atoms with van der Waals surface area (Å²) < 4.78 is 81.6. The molecule has 4 aliphatic rings. The summed E-state index contributed by atoms with van der Waals surface area (Å²) in [6, 6.07) is 8.72. The number of sulfonamides is 1. The predicted octanol–water partition coefficient (Wildman–Crippen LogP) is 6.54. The van der Waals surface area contributed by atoms with Crippen LogP contribution in [0, 0.1) is 5.92 Å². The molecule has 0 bridgehead atoms. The number of carbonyl (C=O) groups excluding carboxylic acids is 2. The van der Waals surface area contributed by atoms with Gasteiger partial charge in [-0.15, -0.1) is 0 Å². The molecule has 2 aliphatic heterocycles. The van der Waals surface area contributed by atoms with Crippen LogP contribution < -0.4 is 10.1 Å². The number of fused-ring (bicyclic) bond motifs is 1. The van der Waals surface area contributed by atoms with Gasteiger partial charge in [-0.2, -0.15) is 17.5 Å². The molecule has 0 aromatic heterocycles. The zero-order chi connectivity index (χ0) is 37.3. The lowest BCUT2D eigenvalue weighted by atomic mass is 9.90. The van der Waals surface area contributed by atoms with E-state index in [0.29, 0.717) is 69.2 Å². The second-order valence-electron chi connectivity index (χ2n) is 15.6. The number of carbonyl (C=O) groups is 2. The maximum Gasteiger partial charge on any atom is 0.416 e. The van der Waals surface area contributed by atoms with Crippen molar-refractivity contribution in [2.75, 3.05) is 39.3 Å². The molecule has 1 saturated carbocycles. The molecule has 2 amide bonds. The number of likely N-dealkylation sites (tertiary alicyclic amines) is 1. The predicted molar refractivity (Wildman–Crippen MR) is 189 cm³/mol. The summed E-state index contributed by atoms with van der Waals surface area (Å²) in [6.45, 7) is 7.05. The Labute approximate surface area is 305 Å². The van der Waals surface area contributed by atoms with Gasteiger partial charge in [0.1, 0.15) is 17.4 Å². The molecule has 1 N–H and O–H groups in total. The van der Waals surface area contributed by atoms with Crippen LogP contribution in [-0.4, -0.2) is 91.5 Å². The molecule has 10 nitrogen and oxygen atoms in total. The van der Waals surface area contributed by atoms with Crippen molar-refractivity contribution in [3.05, 3.63) is 59.2 Å². The number of nitrogens with zero attached hydrogens (tertiary/aromatic N) is 3. The van der Waals surface area contributed by atoms with Crippen LogP contribution in [0.15, 0.2) is 47.4 Å². The normalized spacial score (nSPS) is 22.9. The number of alkyl halides is 3. The second kappa shape index (κ2) is 15.5. The van der Waals surface area contributed by atoms with Crippen LogP contribution in [0.4, 0.5) is 18.0 Å². The van der Waals surface area contributed by atoms with E-state index in [4.69, 9.17) is 9.47 Å². The van der Waals surface area contributed by atoms with Crippen LogP contribution in [-0.2, 0) is 32.2 Å². The molecule has 2 aromatic rings. The quantitative estimate of drug-likeness (QED) is 0.327. The van der Waals surface area contributed by atoms with Gasteiger partial charge in [0, 0.05) is 44.8 Å². The first-order valence-corrected chi connectivity index (χ1v) is 20.0. The third-order valence-electron chi connectivity index (χ3n) is 10.8. The Hall–Kier alpha value is -3.36. The summed E-state index contributed by atoms with van der Waals surface area (Å²) in [6.07, 6.45) is 2.95. The van der Waals surface area contributed by atoms with Gasteiger partial charge in [0.15, 0.2) is 0 Å². The Morgan fingerprint density at radius 3 is 2.23 bits per heavy atom. The van der Waals surface area contributed by atoms with Gasteiger partial charge in [-0.25, -0.2) is 13.2 Å². The molecule has 2 aromatic carbocycles. The fourth-order valence-corrected chi connectivity index (χ4v) is 9.61. The fraction of sp³-hybridized carbons (Fsp3) is 0.632. The number of piperazine rings is 1. The second-order valence-corrected chi connectivity index (χ2v) is 17.5. The number of alkyl carbamates (subject to hydrolysis) is 1. The lowest BCUT2D eigenvalue weighted by Gasteiger charge is -2.44. The van der Waals surface area contributed by atoms with Crippen molar-refractivity contribution < 1.29 is 40.7 Å². The van der Waals surface area contributed by atoms with Crippen LogP contribution in [0.1, 0.15) is 94.9 Å². The lowest BCUT2D eigenvalue weighted by molar-refractivity contribution is -0.139. The number of hydrogen-bond acceptors (Lipinski definition) is 7. The van der Waals surface area contributed by atoms with Crippen LogP contribution in [0.25, 0.3) is 0 Å². The molecule has 2 atom stereocenters. The number of amides is 2. The maximum absolute atomic E-state index is 14.3. The molecule has 286 valence electrons. The highest BCUT2D eigenvalue weighted by Gasteiger charge is 2.45. The van der Waals surface area contributed by atoms with Crippen molar-refractivity contribution >= 4 is 22.0 Å². The number of nitrogens with one attached hydrogen (secondary N) is 1. The molecule has 2 heterocycles. The molecule has 2 saturated heterocycles. The van der Waals surface area contributed by atoms with Crippen molar-refractivity contribution in [3.8, 4) is 5.75 Å². The Bertz CT molecular complexity index is 1680. The van der Waals surface area contributed by atoms with E-state index in [9.17, 15) is 31.2 Å². The third kappa shape index (κ3) is 9.04. The fourth-order valence-electron chi connectivity index (χ4n) is 8.05. The van der Waals surface area contributed by atoms with E-state index in [-0.39, 0.29) is 36.0 Å². The largest absolute Gasteiger partial charge is 0.493 e. The van der Waals surface area contributed by atoms with E-state index in [1.54, 1.807) is 37.8 Å². The Kier molecular flexibility index (Phi) is 11.5. The molecule has 0 radical (unpaired) electrons. The van der Waals surface area contributed by atoms with E-state index in [1.165, 1.54) is 47.8 Å². The highest BCUT2D eigenvalue weighted by atomic mass is 32.2. The first-order chi connectivity index (χ1) is 24.6. The summed E-state index contributed by atoms with van der Waals surface area (Å²) in [5, 5.41) is 2.87. The monoisotopic (exact) mass is 748 g/mol. The van der Waals surface area contributed by atoms with Gasteiger partial charge >= 0.3 is 12.3 Å². The van der Waals surface area contributed by atoms with Crippen LogP contribution in [0.3, 0.4) is 0 Å². The first-order valence-electron chi connectivity index (χ1n) is 18.6. The molecular weight excluding hydrogens is 698 g/mol. The Morgan fingerprint density at radius 1 is 0.885 bits per heavy atom. The summed E-state index contributed by atoms with van der Waals surface area (Å²) in [7, 11) is -4.12. The van der Waals surface area contributed by atoms with E-state index < -0.39 is 39.5 Å². The van der Waals surface area contributed by atoms with Crippen LogP contribution >= 0.6 is 0 Å². The van der Waals surface area contributed by atoms with Gasteiger partial charge in [-0.05, 0) is 113 Å². The summed E-state index contributed by atoms with van der Waals surface area (Å²) >= 11 is 0. The standard InChI is InChI=1S/C38H51F3N4O6S/c1-37(2,3)51-36(47)42-29-17-19-43(20-18-29)35(46)34-24-44(33-16-9-27-23-28(38(39,40)41)10-15-32(27)33)21-22-45(34)52(48,49)31-13-11-30(12-14-31)50-25-26-7-5-4-6-8-26/h10-15,23,26,29,33-34H,4-9,16-22,24-25H2,1-3H3,(H,42,47)/t33?,34-/m0/s1. The first kappa shape index (κ1) is 38.4. The minimum atomic E-state index is -4.44. The van der Waals surface area contributed by atoms with Gasteiger partial charge in [0.05, 0.1) is 17.1 Å². The number of hydrogen-bond donors (Lipinski definition) is 1. The van der Waals surface area contributed by atoms with E-state index in [1.807, 2.05) is 4.90 Å². The zero-order valence-corrected chi connectivity index (χ0v) is 31.1. The van der Waals surface area contributed by atoms with Crippen LogP contribution in [0.2, 0.25) is 0 Å². The molecule has 3 fully saturated rings. The zero-order valence-electron chi connectivity index (χ0n) is 30.3. The summed E-state index contributed by atoms with van der Waals surface area (Å²) in [4.78, 5) is 30.5. The molecule has 6 rings (SSSR count). The summed E-state index contributed by atoms with van der Waals surface area (Å²) in [5.41, 5.74) is 0.0768. The molecule has 14 heteroatoms. The Morgan fingerprint density at radius 2 is 1.58 bits per heavy atom. The summed E-state index contributed by atoms with van der Waals surface area (Å²) in [5.74, 6) is 0.761. The van der Waals surface area contributed by atoms with E-state index in [2.05, 4.69) is 5.32 Å². The SMILES string of the molecule is CC(C)(C)OC(=O)NC1CCN(C(=O)[C@@H]2CN(C3CCc4cc(C(F)(F)F)ccc43)CCN2S(=O)(=O)c2ccc(OCC3CCCCC3)cc2)CC1. The van der Waals surface area contributed by atoms with Gasteiger partial charge in [-0.1, -0.05) is 25.3 Å². The third-order valence-corrected chi connectivity index (χ3v) is 12.7. The van der Waals surface area contributed by atoms with E-state index >= 15 is 0 Å². The van der Waals surface area contributed by atoms with Gasteiger partial charge < -0.3 is 19.7 Å². The highest BCUT2D eigenvalue weighted by molar-refractivity contribution is 7.89. The average Bonchev–Trinajstić information content (AvgIpc) is 3.53. The van der Waals surface area contributed by atoms with E-state index in [0.717, 1.165) is 24.5 Å². The van der Waals surface area contributed by atoms with Gasteiger partial charge in [0.25, 0.3) is 0 Å². The average molecular weight is 749 g/mol. The van der Waals surface area contributed by atoms with Crippen molar-refractivity contribution in [1.82, 2.24) is 19.4 Å². The molecular formula is C38H51F3N4O6S. The molecule has 52 heavy (non-hydrogen) atoms. The molecule has 1 unspecified atom stereocenters.